The highest BCUT2D eigenvalue weighted by Gasteiger charge is 2.17. The number of amides is 1. The lowest BCUT2D eigenvalue weighted by Crippen LogP contribution is -2.43. The molecular weight excluding hydrogens is 338 g/mol. The fourth-order valence-corrected chi connectivity index (χ4v) is 2.76. The van der Waals surface area contributed by atoms with Crippen LogP contribution in [0.15, 0.2) is 66.7 Å². The van der Waals surface area contributed by atoms with E-state index in [9.17, 15) is 4.79 Å². The van der Waals surface area contributed by atoms with Gasteiger partial charge < -0.3 is 14.8 Å². The summed E-state index contributed by atoms with van der Waals surface area (Å²) < 4.78 is 11.5. The van der Waals surface area contributed by atoms with E-state index in [1.54, 1.807) is 6.92 Å². The number of rotatable bonds is 7. The van der Waals surface area contributed by atoms with Crippen LogP contribution in [0.3, 0.4) is 0 Å². The molecule has 0 spiro atoms. The summed E-state index contributed by atoms with van der Waals surface area (Å²) >= 11 is 0. The predicted molar refractivity (Wildman–Crippen MR) is 108 cm³/mol. The highest BCUT2D eigenvalue weighted by atomic mass is 16.5. The zero-order chi connectivity index (χ0) is 19.2. The third kappa shape index (κ3) is 5.23. The molecular formula is C23H25NO3. The molecule has 0 saturated heterocycles. The maximum Gasteiger partial charge on any atom is 0.261 e. The van der Waals surface area contributed by atoms with E-state index in [-0.39, 0.29) is 11.9 Å². The first kappa shape index (κ1) is 18.8. The second-order valence-electron chi connectivity index (χ2n) is 6.80. The maximum absolute atomic E-state index is 12.4. The van der Waals surface area contributed by atoms with Crippen molar-refractivity contribution >= 4 is 16.7 Å². The minimum atomic E-state index is -0.590. The Morgan fingerprint density at radius 1 is 0.926 bits per heavy atom. The van der Waals surface area contributed by atoms with Crippen LogP contribution in [0.4, 0.5) is 0 Å². The molecule has 1 amide bonds. The SMILES string of the molecule is Cc1ccc(OCC(C)NC(=O)C(C)Oc2ccc3ccccc3c2)cc1. The molecule has 3 aromatic carbocycles. The van der Waals surface area contributed by atoms with Crippen molar-refractivity contribution in [2.45, 2.75) is 32.9 Å². The number of fused-ring (bicyclic) bond motifs is 1. The van der Waals surface area contributed by atoms with E-state index in [2.05, 4.69) is 5.32 Å². The van der Waals surface area contributed by atoms with Crippen LogP contribution >= 0.6 is 0 Å². The lowest BCUT2D eigenvalue weighted by molar-refractivity contribution is -0.128. The van der Waals surface area contributed by atoms with Gasteiger partial charge in [0.2, 0.25) is 0 Å². The molecule has 2 unspecified atom stereocenters. The summed E-state index contributed by atoms with van der Waals surface area (Å²) in [5, 5.41) is 5.16. The molecule has 4 heteroatoms. The highest BCUT2D eigenvalue weighted by Crippen LogP contribution is 2.21. The van der Waals surface area contributed by atoms with E-state index < -0.39 is 6.10 Å². The van der Waals surface area contributed by atoms with Gasteiger partial charge in [0.25, 0.3) is 5.91 Å². The first-order valence-corrected chi connectivity index (χ1v) is 9.16. The number of carbonyl (C=O) groups is 1. The summed E-state index contributed by atoms with van der Waals surface area (Å²) in [4.78, 5) is 12.4. The van der Waals surface area contributed by atoms with Crippen LogP contribution in [-0.4, -0.2) is 24.7 Å². The molecule has 27 heavy (non-hydrogen) atoms. The molecule has 0 aliphatic heterocycles. The van der Waals surface area contributed by atoms with Crippen LogP contribution in [0.25, 0.3) is 10.8 Å². The van der Waals surface area contributed by atoms with Gasteiger partial charge >= 0.3 is 0 Å². The number of carbonyl (C=O) groups excluding carboxylic acids is 1. The fraction of sp³-hybridized carbons (Fsp3) is 0.261. The molecule has 0 aliphatic rings. The summed E-state index contributed by atoms with van der Waals surface area (Å²) in [7, 11) is 0. The summed E-state index contributed by atoms with van der Waals surface area (Å²) in [6.07, 6.45) is -0.590. The Bertz CT molecular complexity index is 905. The second kappa shape index (κ2) is 8.58. The molecule has 2 atom stereocenters. The van der Waals surface area contributed by atoms with Crippen LogP contribution in [0.1, 0.15) is 19.4 Å². The largest absolute Gasteiger partial charge is 0.491 e. The van der Waals surface area contributed by atoms with Gasteiger partial charge in [-0.2, -0.15) is 0 Å². The molecule has 0 bridgehead atoms. The molecule has 0 radical (unpaired) electrons. The summed E-state index contributed by atoms with van der Waals surface area (Å²) in [6.45, 7) is 6.09. The number of benzene rings is 3. The van der Waals surface area contributed by atoms with E-state index in [1.165, 1.54) is 5.56 Å². The maximum atomic E-state index is 12.4. The van der Waals surface area contributed by atoms with Crippen molar-refractivity contribution < 1.29 is 14.3 Å². The van der Waals surface area contributed by atoms with Gasteiger partial charge in [-0.1, -0.05) is 48.0 Å². The molecule has 0 saturated carbocycles. The Balaban J connectivity index is 1.50. The first-order valence-electron chi connectivity index (χ1n) is 9.16. The van der Waals surface area contributed by atoms with E-state index in [0.717, 1.165) is 16.5 Å². The fourth-order valence-electron chi connectivity index (χ4n) is 2.76. The standard InChI is InChI=1S/C23H25NO3/c1-16-8-11-21(12-9-16)26-15-17(2)24-23(25)18(3)27-22-13-10-19-6-4-5-7-20(19)14-22/h4-14,17-18H,15H2,1-3H3,(H,24,25). The van der Waals surface area contributed by atoms with Gasteiger partial charge in [0.1, 0.15) is 18.1 Å². The topological polar surface area (TPSA) is 47.6 Å². The number of ether oxygens (including phenoxy) is 2. The van der Waals surface area contributed by atoms with Crippen molar-refractivity contribution in [2.24, 2.45) is 0 Å². The first-order chi connectivity index (χ1) is 13.0. The van der Waals surface area contributed by atoms with Crippen LogP contribution in [0, 0.1) is 6.92 Å². The average Bonchev–Trinajstić information content (AvgIpc) is 2.67. The smallest absolute Gasteiger partial charge is 0.261 e. The molecule has 0 fully saturated rings. The van der Waals surface area contributed by atoms with Crippen LogP contribution in [0.5, 0.6) is 11.5 Å². The molecule has 1 N–H and O–H groups in total. The van der Waals surface area contributed by atoms with Gasteiger partial charge in [-0.05, 0) is 55.8 Å². The zero-order valence-corrected chi connectivity index (χ0v) is 15.9. The third-order valence-corrected chi connectivity index (χ3v) is 4.31. The monoisotopic (exact) mass is 363 g/mol. The van der Waals surface area contributed by atoms with Crippen molar-refractivity contribution in [1.29, 1.82) is 0 Å². The van der Waals surface area contributed by atoms with E-state index in [0.29, 0.717) is 12.4 Å². The zero-order valence-electron chi connectivity index (χ0n) is 15.9. The third-order valence-electron chi connectivity index (χ3n) is 4.31. The number of aryl methyl sites for hydroxylation is 1. The normalized spacial score (nSPS) is 13.0. The molecule has 0 aliphatic carbocycles. The van der Waals surface area contributed by atoms with Gasteiger partial charge in [-0.25, -0.2) is 0 Å². The van der Waals surface area contributed by atoms with Crippen LogP contribution in [0.2, 0.25) is 0 Å². The second-order valence-corrected chi connectivity index (χ2v) is 6.80. The van der Waals surface area contributed by atoms with E-state index in [4.69, 9.17) is 9.47 Å². The van der Waals surface area contributed by atoms with Crippen molar-refractivity contribution in [2.75, 3.05) is 6.61 Å². The van der Waals surface area contributed by atoms with Gasteiger partial charge in [0, 0.05) is 0 Å². The number of hydrogen-bond acceptors (Lipinski definition) is 3. The highest BCUT2D eigenvalue weighted by molar-refractivity contribution is 5.84. The van der Waals surface area contributed by atoms with Gasteiger partial charge in [0.05, 0.1) is 6.04 Å². The molecule has 0 aromatic heterocycles. The number of hydrogen-bond donors (Lipinski definition) is 1. The molecule has 4 nitrogen and oxygen atoms in total. The molecule has 0 heterocycles. The van der Waals surface area contributed by atoms with Crippen molar-refractivity contribution in [3.63, 3.8) is 0 Å². The Kier molecular flexibility index (Phi) is 5.97. The summed E-state index contributed by atoms with van der Waals surface area (Å²) in [6, 6.07) is 21.6. The van der Waals surface area contributed by atoms with E-state index in [1.807, 2.05) is 80.6 Å². The van der Waals surface area contributed by atoms with Crippen LogP contribution < -0.4 is 14.8 Å². The molecule has 3 aromatic rings. The minimum absolute atomic E-state index is 0.124. The Hall–Kier alpha value is -3.01. The van der Waals surface area contributed by atoms with E-state index >= 15 is 0 Å². The lowest BCUT2D eigenvalue weighted by atomic mass is 10.1. The Morgan fingerprint density at radius 3 is 2.33 bits per heavy atom. The Labute approximate surface area is 160 Å². The van der Waals surface area contributed by atoms with Crippen LogP contribution in [-0.2, 0) is 4.79 Å². The summed E-state index contributed by atoms with van der Waals surface area (Å²) in [5.41, 5.74) is 1.18. The molecule has 3 rings (SSSR count). The van der Waals surface area contributed by atoms with Gasteiger partial charge in [0.15, 0.2) is 6.10 Å². The van der Waals surface area contributed by atoms with Crippen molar-refractivity contribution in [1.82, 2.24) is 5.32 Å². The van der Waals surface area contributed by atoms with Crippen molar-refractivity contribution in [3.8, 4) is 11.5 Å². The predicted octanol–water partition coefficient (Wildman–Crippen LogP) is 4.50. The Morgan fingerprint density at radius 2 is 1.59 bits per heavy atom. The minimum Gasteiger partial charge on any atom is -0.491 e. The lowest BCUT2D eigenvalue weighted by Gasteiger charge is -2.19. The number of nitrogens with one attached hydrogen (secondary N) is 1. The molecule has 140 valence electrons. The van der Waals surface area contributed by atoms with Gasteiger partial charge in [-0.3, -0.25) is 4.79 Å². The van der Waals surface area contributed by atoms with Crippen molar-refractivity contribution in [3.05, 3.63) is 72.3 Å². The quantitative estimate of drug-likeness (QED) is 0.672. The van der Waals surface area contributed by atoms with Gasteiger partial charge in [-0.15, -0.1) is 0 Å². The average molecular weight is 363 g/mol. The summed E-state index contributed by atoms with van der Waals surface area (Å²) in [5.74, 6) is 1.31.